The monoisotopic (exact) mass is 220 g/mol. The van der Waals surface area contributed by atoms with Crippen LogP contribution in [0.2, 0.25) is 0 Å². The number of nitrogens with zero attached hydrogens (tertiary/aromatic N) is 3. The summed E-state index contributed by atoms with van der Waals surface area (Å²) in [6, 6.07) is 0.410. The van der Waals surface area contributed by atoms with Crippen molar-refractivity contribution in [2.24, 2.45) is 12.8 Å². The van der Waals surface area contributed by atoms with Gasteiger partial charge in [0.1, 0.15) is 5.82 Å². The zero-order valence-electron chi connectivity index (χ0n) is 9.89. The highest BCUT2D eigenvalue weighted by Crippen LogP contribution is 2.39. The van der Waals surface area contributed by atoms with Crippen molar-refractivity contribution >= 4 is 0 Å². The predicted octanol–water partition coefficient (Wildman–Crippen LogP) is 1.68. The molecule has 0 aromatic carbocycles. The van der Waals surface area contributed by atoms with Crippen LogP contribution in [0.4, 0.5) is 0 Å². The zero-order chi connectivity index (χ0) is 11.1. The number of hydrogen-bond acceptors (Lipinski definition) is 3. The van der Waals surface area contributed by atoms with Crippen molar-refractivity contribution in [3.8, 4) is 0 Å². The van der Waals surface area contributed by atoms with Gasteiger partial charge in [0.2, 0.25) is 0 Å². The van der Waals surface area contributed by atoms with Crippen molar-refractivity contribution < 1.29 is 0 Å². The topological polar surface area (TPSA) is 56.7 Å². The Morgan fingerprint density at radius 3 is 2.31 bits per heavy atom. The molecule has 1 aromatic rings. The Kier molecular flexibility index (Phi) is 2.46. The summed E-state index contributed by atoms with van der Waals surface area (Å²) in [6.45, 7) is 0. The van der Waals surface area contributed by atoms with Gasteiger partial charge in [-0.15, -0.1) is 0 Å². The average Bonchev–Trinajstić information content (AvgIpc) is 3.04. The molecule has 1 aromatic heterocycles. The Bertz CT molecular complexity index is 372. The van der Waals surface area contributed by atoms with Gasteiger partial charge in [-0.2, -0.15) is 5.10 Å². The first kappa shape index (κ1) is 10.3. The number of hydrogen-bond donors (Lipinski definition) is 1. The quantitative estimate of drug-likeness (QED) is 0.825. The molecule has 88 valence electrons. The Morgan fingerprint density at radius 2 is 1.69 bits per heavy atom. The second-order valence-electron chi connectivity index (χ2n) is 5.34. The lowest BCUT2D eigenvalue weighted by Crippen LogP contribution is -2.26. The third-order valence-electron chi connectivity index (χ3n) is 3.89. The smallest absolute Gasteiger partial charge is 0.154 e. The Morgan fingerprint density at radius 1 is 1.06 bits per heavy atom. The third-order valence-corrected chi connectivity index (χ3v) is 3.89. The van der Waals surface area contributed by atoms with Crippen LogP contribution in [0.5, 0.6) is 0 Å². The van der Waals surface area contributed by atoms with Gasteiger partial charge in [-0.25, -0.2) is 4.98 Å². The maximum atomic E-state index is 5.93. The molecule has 3 rings (SSSR count). The minimum Gasteiger partial charge on any atom is -0.328 e. The molecule has 0 bridgehead atoms. The predicted molar refractivity (Wildman–Crippen MR) is 62.2 cm³/mol. The van der Waals surface area contributed by atoms with Crippen molar-refractivity contribution in [2.45, 2.75) is 56.4 Å². The van der Waals surface area contributed by atoms with E-state index in [0.29, 0.717) is 17.9 Å². The van der Waals surface area contributed by atoms with Crippen molar-refractivity contribution in [2.75, 3.05) is 0 Å². The second-order valence-corrected chi connectivity index (χ2v) is 5.34. The minimum absolute atomic E-state index is 0.410. The van der Waals surface area contributed by atoms with Crippen LogP contribution in [0.25, 0.3) is 0 Å². The summed E-state index contributed by atoms with van der Waals surface area (Å²) in [5, 5.41) is 4.54. The lowest BCUT2D eigenvalue weighted by molar-refractivity contribution is 0.377. The highest BCUT2D eigenvalue weighted by Gasteiger charge is 2.30. The summed E-state index contributed by atoms with van der Waals surface area (Å²) in [4.78, 5) is 4.73. The van der Waals surface area contributed by atoms with Crippen molar-refractivity contribution in [3.05, 3.63) is 11.6 Å². The normalized spacial score (nSPS) is 30.6. The Balaban J connectivity index is 1.77. The van der Waals surface area contributed by atoms with E-state index in [-0.39, 0.29) is 0 Å². The van der Waals surface area contributed by atoms with Crippen LogP contribution in [-0.4, -0.2) is 20.8 Å². The molecule has 4 heteroatoms. The number of rotatable bonds is 2. The lowest BCUT2D eigenvalue weighted by atomic mass is 9.86. The highest BCUT2D eigenvalue weighted by atomic mass is 15.3. The second kappa shape index (κ2) is 3.84. The number of aryl methyl sites for hydroxylation is 1. The van der Waals surface area contributed by atoms with E-state index in [0.717, 1.165) is 18.7 Å². The van der Waals surface area contributed by atoms with Gasteiger partial charge >= 0.3 is 0 Å². The standard InChI is InChI=1S/C12H20N4/c1-16-12(9-4-6-10(13)7-5-9)14-11(15-16)8-2-3-8/h8-10H,2-7,13H2,1H3. The molecule has 0 amide bonds. The SMILES string of the molecule is Cn1nc(C2CC2)nc1C1CCC(N)CC1. The van der Waals surface area contributed by atoms with Crippen LogP contribution in [0, 0.1) is 0 Å². The molecule has 0 spiro atoms. The molecule has 2 saturated carbocycles. The molecule has 0 unspecified atom stereocenters. The molecular weight excluding hydrogens is 200 g/mol. The molecular formula is C12H20N4. The van der Waals surface area contributed by atoms with Crippen molar-refractivity contribution in [3.63, 3.8) is 0 Å². The van der Waals surface area contributed by atoms with Gasteiger partial charge in [0, 0.05) is 24.9 Å². The molecule has 2 N–H and O–H groups in total. The van der Waals surface area contributed by atoms with E-state index in [1.807, 2.05) is 11.7 Å². The zero-order valence-corrected chi connectivity index (χ0v) is 9.89. The fourth-order valence-corrected chi connectivity index (χ4v) is 2.66. The van der Waals surface area contributed by atoms with Crippen molar-refractivity contribution in [1.82, 2.24) is 14.8 Å². The van der Waals surface area contributed by atoms with E-state index in [4.69, 9.17) is 10.7 Å². The molecule has 0 atom stereocenters. The van der Waals surface area contributed by atoms with Crippen LogP contribution >= 0.6 is 0 Å². The molecule has 16 heavy (non-hydrogen) atoms. The van der Waals surface area contributed by atoms with Crippen LogP contribution in [0.3, 0.4) is 0 Å². The van der Waals surface area contributed by atoms with Crippen molar-refractivity contribution in [1.29, 1.82) is 0 Å². The summed E-state index contributed by atoms with van der Waals surface area (Å²) in [7, 11) is 2.03. The number of aromatic nitrogens is 3. The summed E-state index contributed by atoms with van der Waals surface area (Å²) < 4.78 is 2.00. The molecule has 0 saturated heterocycles. The van der Waals surface area contributed by atoms with Crippen LogP contribution in [0.1, 0.15) is 62.0 Å². The van der Waals surface area contributed by atoms with Gasteiger partial charge in [0.25, 0.3) is 0 Å². The summed E-state index contributed by atoms with van der Waals surface area (Å²) in [6.07, 6.45) is 7.18. The van der Waals surface area contributed by atoms with E-state index in [1.165, 1.54) is 31.5 Å². The first-order valence-electron chi connectivity index (χ1n) is 6.40. The van der Waals surface area contributed by atoms with Crippen LogP contribution < -0.4 is 5.73 Å². The minimum atomic E-state index is 0.410. The maximum absolute atomic E-state index is 5.93. The largest absolute Gasteiger partial charge is 0.328 e. The molecule has 2 aliphatic carbocycles. The van der Waals surface area contributed by atoms with E-state index >= 15 is 0 Å². The summed E-state index contributed by atoms with van der Waals surface area (Å²) in [5.74, 6) is 3.51. The first-order chi connectivity index (χ1) is 7.74. The Hall–Kier alpha value is -0.900. The first-order valence-corrected chi connectivity index (χ1v) is 6.40. The Labute approximate surface area is 96.2 Å². The van der Waals surface area contributed by atoms with E-state index < -0.39 is 0 Å². The maximum Gasteiger partial charge on any atom is 0.154 e. The summed E-state index contributed by atoms with van der Waals surface area (Å²) in [5.41, 5.74) is 5.93. The van der Waals surface area contributed by atoms with E-state index in [9.17, 15) is 0 Å². The van der Waals surface area contributed by atoms with Gasteiger partial charge in [-0.1, -0.05) is 0 Å². The molecule has 2 aliphatic rings. The molecule has 2 fully saturated rings. The molecule has 0 aliphatic heterocycles. The average molecular weight is 220 g/mol. The fraction of sp³-hybridized carbons (Fsp3) is 0.833. The van der Waals surface area contributed by atoms with Gasteiger partial charge in [-0.05, 0) is 38.5 Å². The van der Waals surface area contributed by atoms with Gasteiger partial charge < -0.3 is 5.73 Å². The fourth-order valence-electron chi connectivity index (χ4n) is 2.66. The van der Waals surface area contributed by atoms with E-state index in [2.05, 4.69) is 5.10 Å². The van der Waals surface area contributed by atoms with E-state index in [1.54, 1.807) is 0 Å². The van der Waals surface area contributed by atoms with Crippen LogP contribution in [0.15, 0.2) is 0 Å². The highest BCUT2D eigenvalue weighted by molar-refractivity contribution is 5.09. The van der Waals surface area contributed by atoms with Gasteiger partial charge in [-0.3, -0.25) is 4.68 Å². The third kappa shape index (κ3) is 1.86. The lowest BCUT2D eigenvalue weighted by Gasteiger charge is -2.24. The molecule has 0 radical (unpaired) electrons. The molecule has 1 heterocycles. The van der Waals surface area contributed by atoms with Gasteiger partial charge in [0.05, 0.1) is 0 Å². The van der Waals surface area contributed by atoms with Crippen LogP contribution in [-0.2, 0) is 7.05 Å². The van der Waals surface area contributed by atoms with Gasteiger partial charge in [0.15, 0.2) is 5.82 Å². The number of nitrogens with two attached hydrogens (primary N) is 1. The molecule has 4 nitrogen and oxygen atoms in total. The summed E-state index contributed by atoms with van der Waals surface area (Å²) >= 11 is 0.